The van der Waals surface area contributed by atoms with E-state index in [0.29, 0.717) is 19.8 Å². The minimum Gasteiger partial charge on any atom is -0.458 e. The van der Waals surface area contributed by atoms with Gasteiger partial charge >= 0.3 is 6.09 Å². The maximum atomic E-state index is 12.9. The van der Waals surface area contributed by atoms with E-state index in [1.54, 1.807) is 0 Å². The van der Waals surface area contributed by atoms with Gasteiger partial charge in [-0.15, -0.1) is 0 Å². The highest BCUT2D eigenvalue weighted by atomic mass is 127. The highest BCUT2D eigenvalue weighted by Gasteiger charge is 2.52. The first-order valence-corrected chi connectivity index (χ1v) is 9.68. The van der Waals surface area contributed by atoms with Crippen LogP contribution >= 0.6 is 22.6 Å². The molecule has 1 unspecified atom stereocenters. The van der Waals surface area contributed by atoms with Gasteiger partial charge in [-0.1, -0.05) is 0 Å². The van der Waals surface area contributed by atoms with Crippen molar-refractivity contribution in [1.29, 1.82) is 0 Å². The van der Waals surface area contributed by atoms with Gasteiger partial charge in [-0.05, 0) is 68.0 Å². The quantitative estimate of drug-likeness (QED) is 0.551. The van der Waals surface area contributed by atoms with Crippen molar-refractivity contribution in [3.63, 3.8) is 0 Å². The summed E-state index contributed by atoms with van der Waals surface area (Å²) in [4.78, 5) is 14.7. The number of carbonyl (C=O) groups excluding carboxylic acids is 1. The van der Waals surface area contributed by atoms with E-state index in [1.165, 1.54) is 5.56 Å². The smallest absolute Gasteiger partial charge is 0.411 e. The summed E-state index contributed by atoms with van der Waals surface area (Å²) in [5.74, 6) is 0.874. The molecule has 2 aromatic rings. The van der Waals surface area contributed by atoms with E-state index >= 15 is 0 Å². The Balaban J connectivity index is 1.81. The zero-order chi connectivity index (χ0) is 17.8. The van der Waals surface area contributed by atoms with Gasteiger partial charge in [0.05, 0.1) is 6.61 Å². The molecule has 1 spiro atoms. The molecule has 0 radical (unpaired) electrons. The summed E-state index contributed by atoms with van der Waals surface area (Å²) in [6.45, 7) is 7.36. The van der Waals surface area contributed by atoms with Crippen molar-refractivity contribution in [3.05, 3.63) is 33.1 Å². The molecule has 3 heterocycles. The number of ether oxygens (including phenoxy) is 2. The number of halogens is 1. The van der Waals surface area contributed by atoms with Crippen LogP contribution in [0.1, 0.15) is 38.5 Å². The Kier molecular flexibility index (Phi) is 4.03. The largest absolute Gasteiger partial charge is 0.458 e. The molecular formula is C19H22INO4. The van der Waals surface area contributed by atoms with E-state index in [-0.39, 0.29) is 6.09 Å². The Morgan fingerprint density at radius 3 is 2.84 bits per heavy atom. The van der Waals surface area contributed by atoms with Crippen LogP contribution in [0, 0.1) is 3.57 Å². The first-order valence-electron chi connectivity index (χ1n) is 8.60. The molecule has 1 amide bonds. The van der Waals surface area contributed by atoms with E-state index in [0.717, 1.165) is 33.1 Å². The molecule has 0 bridgehead atoms. The lowest BCUT2D eigenvalue weighted by atomic mass is 9.85. The molecule has 1 fully saturated rings. The maximum Gasteiger partial charge on any atom is 0.411 e. The fraction of sp³-hybridized carbons (Fsp3) is 0.526. The Labute approximate surface area is 160 Å². The first-order chi connectivity index (χ1) is 11.8. The van der Waals surface area contributed by atoms with E-state index in [2.05, 4.69) is 40.8 Å². The van der Waals surface area contributed by atoms with Gasteiger partial charge in [0.15, 0.2) is 0 Å². The highest BCUT2D eigenvalue weighted by molar-refractivity contribution is 14.1. The monoisotopic (exact) mass is 455 g/mol. The van der Waals surface area contributed by atoms with Gasteiger partial charge in [0.25, 0.3) is 0 Å². The summed E-state index contributed by atoms with van der Waals surface area (Å²) >= 11 is 2.29. The molecule has 0 saturated carbocycles. The average molecular weight is 455 g/mol. The second-order valence-corrected chi connectivity index (χ2v) is 9.01. The first kappa shape index (κ1) is 17.1. The third-order valence-corrected chi connectivity index (χ3v) is 5.57. The fourth-order valence-corrected chi connectivity index (χ4v) is 4.30. The van der Waals surface area contributed by atoms with E-state index < -0.39 is 11.1 Å². The van der Waals surface area contributed by atoms with Gasteiger partial charge in [-0.25, -0.2) is 4.79 Å². The number of benzene rings is 1. The summed E-state index contributed by atoms with van der Waals surface area (Å²) in [7, 11) is 0. The van der Waals surface area contributed by atoms with Crippen LogP contribution in [0.2, 0.25) is 0 Å². The van der Waals surface area contributed by atoms with Crippen molar-refractivity contribution in [1.82, 2.24) is 4.90 Å². The van der Waals surface area contributed by atoms with E-state index in [9.17, 15) is 4.79 Å². The maximum absolute atomic E-state index is 12.9. The molecule has 1 atom stereocenters. The van der Waals surface area contributed by atoms with Crippen LogP contribution in [0.3, 0.4) is 0 Å². The number of fused-ring (bicyclic) bond motifs is 4. The summed E-state index contributed by atoms with van der Waals surface area (Å²) in [6, 6.07) is 6.26. The number of rotatable bonds is 0. The summed E-state index contributed by atoms with van der Waals surface area (Å²) in [5.41, 5.74) is 1.01. The number of furan rings is 1. The Morgan fingerprint density at radius 1 is 1.36 bits per heavy atom. The number of carbonyl (C=O) groups is 1. The van der Waals surface area contributed by atoms with Crippen LogP contribution in [0.25, 0.3) is 11.0 Å². The second kappa shape index (κ2) is 5.87. The van der Waals surface area contributed by atoms with E-state index in [4.69, 9.17) is 13.9 Å². The molecule has 1 aromatic carbocycles. The molecule has 2 aliphatic rings. The van der Waals surface area contributed by atoms with Crippen molar-refractivity contribution in [3.8, 4) is 0 Å². The predicted octanol–water partition coefficient (Wildman–Crippen LogP) is 4.45. The number of hydrogen-bond acceptors (Lipinski definition) is 4. The predicted molar refractivity (Wildman–Crippen MR) is 103 cm³/mol. The molecule has 6 heteroatoms. The molecule has 25 heavy (non-hydrogen) atoms. The van der Waals surface area contributed by atoms with Gasteiger partial charge in [-0.2, -0.15) is 0 Å². The normalized spacial score (nSPS) is 23.3. The Hall–Kier alpha value is -1.28. The summed E-state index contributed by atoms with van der Waals surface area (Å²) in [6.07, 6.45) is 1.21. The highest BCUT2D eigenvalue weighted by Crippen LogP contribution is 2.46. The third kappa shape index (κ3) is 2.83. The minimum absolute atomic E-state index is 0.293. The van der Waals surface area contributed by atoms with Crippen molar-refractivity contribution >= 4 is 39.7 Å². The van der Waals surface area contributed by atoms with Crippen LogP contribution in [0.5, 0.6) is 0 Å². The lowest BCUT2D eigenvalue weighted by Crippen LogP contribution is -2.54. The van der Waals surface area contributed by atoms with Crippen molar-refractivity contribution < 1.29 is 18.7 Å². The molecule has 134 valence electrons. The molecule has 1 aromatic heterocycles. The van der Waals surface area contributed by atoms with Crippen molar-refractivity contribution in [2.24, 2.45) is 0 Å². The molecule has 0 aliphatic carbocycles. The molecule has 1 saturated heterocycles. The van der Waals surface area contributed by atoms with Crippen LogP contribution < -0.4 is 0 Å². The number of amides is 1. The fourth-order valence-electron chi connectivity index (χ4n) is 3.84. The average Bonchev–Trinajstić information content (AvgIpc) is 3.11. The van der Waals surface area contributed by atoms with Crippen LogP contribution in [0.4, 0.5) is 4.79 Å². The Morgan fingerprint density at radius 2 is 2.16 bits per heavy atom. The van der Waals surface area contributed by atoms with Crippen molar-refractivity contribution in [2.75, 3.05) is 19.8 Å². The van der Waals surface area contributed by atoms with Gasteiger partial charge in [0.1, 0.15) is 22.5 Å². The molecule has 2 aliphatic heterocycles. The molecule has 5 nitrogen and oxygen atoms in total. The number of hydrogen-bond donors (Lipinski definition) is 0. The lowest BCUT2D eigenvalue weighted by molar-refractivity contribution is -0.0172. The minimum atomic E-state index is -0.555. The standard InChI is InChI=1S/C19H22INO4/c1-18(2,3)25-17(22)21-8-6-14-13-5-4-12(20)10-15(13)24-16(14)19(21)7-9-23-11-19/h4-5,10H,6-9,11H2,1-3H3. The molecule has 0 N–H and O–H groups in total. The Bertz CT molecular complexity index is 830. The summed E-state index contributed by atoms with van der Waals surface area (Å²) < 4.78 is 18.8. The van der Waals surface area contributed by atoms with Crippen LogP contribution in [-0.2, 0) is 21.4 Å². The molecular weight excluding hydrogens is 433 g/mol. The van der Waals surface area contributed by atoms with Crippen LogP contribution in [0.15, 0.2) is 22.6 Å². The van der Waals surface area contributed by atoms with Crippen LogP contribution in [-0.4, -0.2) is 36.4 Å². The zero-order valence-corrected chi connectivity index (χ0v) is 16.9. The van der Waals surface area contributed by atoms with E-state index in [1.807, 2.05) is 25.7 Å². The lowest BCUT2D eigenvalue weighted by Gasteiger charge is -2.42. The number of nitrogens with zero attached hydrogens (tertiary/aromatic N) is 1. The van der Waals surface area contributed by atoms with Crippen molar-refractivity contribution in [2.45, 2.75) is 44.8 Å². The SMILES string of the molecule is CC(C)(C)OC(=O)N1CCc2c(oc3cc(I)ccc23)C12CCOC2. The third-order valence-electron chi connectivity index (χ3n) is 4.89. The van der Waals surface area contributed by atoms with Gasteiger partial charge < -0.3 is 13.9 Å². The second-order valence-electron chi connectivity index (χ2n) is 7.77. The zero-order valence-electron chi connectivity index (χ0n) is 14.7. The van der Waals surface area contributed by atoms with Gasteiger partial charge in [-0.3, -0.25) is 4.90 Å². The summed E-state index contributed by atoms with van der Waals surface area (Å²) in [5, 5.41) is 1.14. The molecule has 4 rings (SSSR count). The van der Waals surface area contributed by atoms with Gasteiger partial charge in [0.2, 0.25) is 0 Å². The topological polar surface area (TPSA) is 51.9 Å². The van der Waals surface area contributed by atoms with Gasteiger partial charge in [0, 0.05) is 34.1 Å².